The molecule has 1 aliphatic rings. The second-order valence-corrected chi connectivity index (χ2v) is 6.07. The largest absolute Gasteiger partial charge is 0.494 e. The normalized spacial score (nSPS) is 14.2. The Bertz CT molecular complexity index is 743. The molecule has 0 atom stereocenters. The van der Waals surface area contributed by atoms with Crippen LogP contribution in [0.2, 0.25) is 0 Å². The first-order chi connectivity index (χ1) is 12.7. The molecule has 0 saturated carbocycles. The second kappa shape index (κ2) is 8.67. The number of carbonyl (C=O) groups excluding carboxylic acids is 1. The van der Waals surface area contributed by atoms with Crippen molar-refractivity contribution in [1.29, 1.82) is 0 Å². The number of nitrogens with one attached hydrogen (secondary N) is 1. The van der Waals surface area contributed by atoms with E-state index >= 15 is 0 Å². The molecule has 0 unspecified atom stereocenters. The molecule has 6 heteroatoms. The lowest BCUT2D eigenvalue weighted by atomic mass is 10.1. The molecule has 0 aromatic heterocycles. The van der Waals surface area contributed by atoms with Gasteiger partial charge in [-0.3, -0.25) is 4.79 Å². The summed E-state index contributed by atoms with van der Waals surface area (Å²) < 4.78 is 24.8. The Balaban J connectivity index is 1.64. The molecule has 138 valence electrons. The summed E-state index contributed by atoms with van der Waals surface area (Å²) in [6.07, 6.45) is 0.174. The first-order valence-electron chi connectivity index (χ1n) is 8.79. The Morgan fingerprint density at radius 1 is 1.19 bits per heavy atom. The van der Waals surface area contributed by atoms with E-state index in [9.17, 15) is 9.18 Å². The number of ether oxygens (including phenoxy) is 2. The van der Waals surface area contributed by atoms with Crippen molar-refractivity contribution in [2.24, 2.45) is 0 Å². The van der Waals surface area contributed by atoms with Crippen LogP contribution in [0.5, 0.6) is 5.75 Å². The van der Waals surface area contributed by atoms with Crippen LogP contribution in [0, 0.1) is 5.82 Å². The topological polar surface area (TPSA) is 50.8 Å². The van der Waals surface area contributed by atoms with E-state index < -0.39 is 5.82 Å². The molecular weight excluding hydrogens is 335 g/mol. The molecule has 3 rings (SSSR count). The van der Waals surface area contributed by atoms with Crippen LogP contribution < -0.4 is 15.0 Å². The highest BCUT2D eigenvalue weighted by Gasteiger charge is 2.14. The molecule has 2 aromatic carbocycles. The average Bonchev–Trinajstić information content (AvgIpc) is 2.66. The van der Waals surface area contributed by atoms with Gasteiger partial charge in [-0.15, -0.1) is 0 Å². The van der Waals surface area contributed by atoms with E-state index in [-0.39, 0.29) is 18.0 Å². The molecule has 2 aromatic rings. The summed E-state index contributed by atoms with van der Waals surface area (Å²) >= 11 is 0. The number of rotatable bonds is 6. The fourth-order valence-electron chi connectivity index (χ4n) is 2.88. The molecule has 0 radical (unpaired) electrons. The highest BCUT2D eigenvalue weighted by molar-refractivity contribution is 5.92. The van der Waals surface area contributed by atoms with Gasteiger partial charge in [-0.05, 0) is 42.8 Å². The third-order valence-electron chi connectivity index (χ3n) is 4.20. The van der Waals surface area contributed by atoms with Crippen LogP contribution in [0.3, 0.4) is 0 Å². The summed E-state index contributed by atoms with van der Waals surface area (Å²) in [5.74, 6) is 0.0650. The van der Waals surface area contributed by atoms with Crippen molar-refractivity contribution in [1.82, 2.24) is 0 Å². The Morgan fingerprint density at radius 2 is 1.92 bits per heavy atom. The quantitative estimate of drug-likeness (QED) is 0.861. The van der Waals surface area contributed by atoms with E-state index in [2.05, 4.69) is 10.2 Å². The number of morpholine rings is 1. The standard InChI is InChI=1S/C20H23FN2O3/c1-2-26-17-6-3-15(4-7-17)13-20(24)22-19-14-16(5-8-18(19)21)23-9-11-25-12-10-23/h3-8,14H,2,9-13H2,1H3,(H,22,24). The number of carbonyl (C=O) groups is 1. The van der Waals surface area contributed by atoms with Crippen molar-refractivity contribution in [3.05, 3.63) is 53.8 Å². The number of benzene rings is 2. The van der Waals surface area contributed by atoms with E-state index in [1.165, 1.54) is 6.07 Å². The maximum absolute atomic E-state index is 14.1. The van der Waals surface area contributed by atoms with Crippen LogP contribution in [0.4, 0.5) is 15.8 Å². The SMILES string of the molecule is CCOc1ccc(CC(=O)Nc2cc(N3CCOCC3)ccc2F)cc1. The van der Waals surface area contributed by atoms with Crippen molar-refractivity contribution in [3.8, 4) is 5.75 Å². The molecule has 0 bridgehead atoms. The molecule has 1 fully saturated rings. The highest BCUT2D eigenvalue weighted by Crippen LogP contribution is 2.24. The van der Waals surface area contributed by atoms with Gasteiger partial charge in [-0.25, -0.2) is 4.39 Å². The van der Waals surface area contributed by atoms with Gasteiger partial charge in [0.15, 0.2) is 0 Å². The summed E-state index contributed by atoms with van der Waals surface area (Å²) in [4.78, 5) is 14.4. The van der Waals surface area contributed by atoms with Crippen molar-refractivity contribution in [2.75, 3.05) is 43.1 Å². The fourth-order valence-corrected chi connectivity index (χ4v) is 2.88. The Kier molecular flexibility index (Phi) is 6.07. The van der Waals surface area contributed by atoms with E-state index in [1.54, 1.807) is 12.1 Å². The van der Waals surface area contributed by atoms with Gasteiger partial charge in [-0.1, -0.05) is 12.1 Å². The number of nitrogens with zero attached hydrogens (tertiary/aromatic N) is 1. The van der Waals surface area contributed by atoms with Crippen molar-refractivity contribution >= 4 is 17.3 Å². The minimum atomic E-state index is -0.443. The lowest BCUT2D eigenvalue weighted by molar-refractivity contribution is -0.115. The van der Waals surface area contributed by atoms with Gasteiger partial charge in [-0.2, -0.15) is 0 Å². The van der Waals surface area contributed by atoms with Crippen LogP contribution in [0.25, 0.3) is 0 Å². The second-order valence-electron chi connectivity index (χ2n) is 6.07. The van der Waals surface area contributed by atoms with E-state index in [1.807, 2.05) is 31.2 Å². The minimum absolute atomic E-state index is 0.174. The summed E-state index contributed by atoms with van der Waals surface area (Å²) in [6.45, 7) is 5.32. The molecule has 26 heavy (non-hydrogen) atoms. The number of anilines is 2. The van der Waals surface area contributed by atoms with E-state index in [0.29, 0.717) is 19.8 Å². The van der Waals surface area contributed by atoms with Gasteiger partial charge in [0.1, 0.15) is 11.6 Å². The molecular formula is C20H23FN2O3. The van der Waals surface area contributed by atoms with Crippen LogP contribution in [-0.4, -0.2) is 38.8 Å². The molecule has 1 saturated heterocycles. The summed E-state index contributed by atoms with van der Waals surface area (Å²) in [5.41, 5.74) is 1.92. The van der Waals surface area contributed by atoms with Crippen molar-refractivity contribution in [2.45, 2.75) is 13.3 Å². The summed E-state index contributed by atoms with van der Waals surface area (Å²) in [7, 11) is 0. The summed E-state index contributed by atoms with van der Waals surface area (Å²) in [5, 5.41) is 2.67. The molecule has 1 N–H and O–H groups in total. The first-order valence-corrected chi connectivity index (χ1v) is 8.79. The van der Waals surface area contributed by atoms with E-state index in [4.69, 9.17) is 9.47 Å². The predicted molar refractivity (Wildman–Crippen MR) is 99.4 cm³/mol. The number of hydrogen-bond donors (Lipinski definition) is 1. The van der Waals surface area contributed by atoms with Crippen LogP contribution in [-0.2, 0) is 16.0 Å². The molecule has 1 aliphatic heterocycles. The van der Waals surface area contributed by atoms with Gasteiger partial charge in [0.2, 0.25) is 5.91 Å². The monoisotopic (exact) mass is 358 g/mol. The average molecular weight is 358 g/mol. The zero-order valence-electron chi connectivity index (χ0n) is 14.8. The zero-order valence-corrected chi connectivity index (χ0v) is 14.8. The van der Waals surface area contributed by atoms with Gasteiger partial charge < -0.3 is 19.7 Å². The zero-order chi connectivity index (χ0) is 18.4. The van der Waals surface area contributed by atoms with Gasteiger partial charge in [0, 0.05) is 18.8 Å². The van der Waals surface area contributed by atoms with Gasteiger partial charge in [0.25, 0.3) is 0 Å². The molecule has 0 aliphatic carbocycles. The fraction of sp³-hybridized carbons (Fsp3) is 0.350. The number of hydrogen-bond acceptors (Lipinski definition) is 4. The Hall–Kier alpha value is -2.60. The van der Waals surface area contributed by atoms with Crippen molar-refractivity contribution < 1.29 is 18.7 Å². The lowest BCUT2D eigenvalue weighted by Crippen LogP contribution is -2.36. The minimum Gasteiger partial charge on any atom is -0.494 e. The molecule has 1 heterocycles. The van der Waals surface area contributed by atoms with Crippen LogP contribution >= 0.6 is 0 Å². The third-order valence-corrected chi connectivity index (χ3v) is 4.20. The molecule has 1 amide bonds. The number of amides is 1. The lowest BCUT2D eigenvalue weighted by Gasteiger charge is -2.29. The highest BCUT2D eigenvalue weighted by atomic mass is 19.1. The maximum Gasteiger partial charge on any atom is 0.228 e. The van der Waals surface area contributed by atoms with E-state index in [0.717, 1.165) is 30.1 Å². The van der Waals surface area contributed by atoms with Crippen molar-refractivity contribution in [3.63, 3.8) is 0 Å². The van der Waals surface area contributed by atoms with Crippen LogP contribution in [0.1, 0.15) is 12.5 Å². The molecule has 0 spiro atoms. The Labute approximate surface area is 152 Å². The Morgan fingerprint density at radius 3 is 2.62 bits per heavy atom. The smallest absolute Gasteiger partial charge is 0.228 e. The first kappa shape index (κ1) is 18.2. The maximum atomic E-state index is 14.1. The van der Waals surface area contributed by atoms with Gasteiger partial charge in [0.05, 0.1) is 31.9 Å². The number of halogens is 1. The van der Waals surface area contributed by atoms with Gasteiger partial charge >= 0.3 is 0 Å². The predicted octanol–water partition coefficient (Wildman–Crippen LogP) is 3.24. The molecule has 5 nitrogen and oxygen atoms in total. The van der Waals surface area contributed by atoms with Crippen LogP contribution in [0.15, 0.2) is 42.5 Å². The summed E-state index contributed by atoms with van der Waals surface area (Å²) in [6, 6.07) is 12.1. The third kappa shape index (κ3) is 4.73.